The van der Waals surface area contributed by atoms with Crippen molar-refractivity contribution in [2.75, 3.05) is 6.26 Å². The Bertz CT molecular complexity index is 180. The van der Waals surface area contributed by atoms with Crippen LogP contribution in [0.4, 0.5) is 0 Å². The monoisotopic (exact) mass is 169 g/mol. The second-order valence-corrected chi connectivity index (χ2v) is 3.04. The molecule has 11 heavy (non-hydrogen) atoms. The molecule has 0 rings (SSSR count). The van der Waals surface area contributed by atoms with Crippen molar-refractivity contribution in [2.24, 2.45) is 0 Å². The SMILES string of the molecule is CC/C=C\C=C(/C)C(=N)SC. The van der Waals surface area contributed by atoms with Crippen LogP contribution >= 0.6 is 11.8 Å². The summed E-state index contributed by atoms with van der Waals surface area (Å²) in [6, 6.07) is 0. The van der Waals surface area contributed by atoms with E-state index in [0.717, 1.165) is 12.0 Å². The molecule has 0 bridgehead atoms. The first kappa shape index (κ1) is 10.5. The third kappa shape index (κ3) is 4.85. The van der Waals surface area contributed by atoms with E-state index in [9.17, 15) is 0 Å². The highest BCUT2D eigenvalue weighted by Gasteiger charge is 1.92. The minimum Gasteiger partial charge on any atom is -0.294 e. The predicted molar refractivity (Wildman–Crippen MR) is 54.4 cm³/mol. The van der Waals surface area contributed by atoms with Crippen molar-refractivity contribution in [1.29, 1.82) is 5.41 Å². The number of rotatable bonds is 3. The maximum Gasteiger partial charge on any atom is 0.0896 e. The van der Waals surface area contributed by atoms with Crippen LogP contribution in [0.1, 0.15) is 20.3 Å². The summed E-state index contributed by atoms with van der Waals surface area (Å²) in [5.74, 6) is 0. The number of hydrogen-bond acceptors (Lipinski definition) is 2. The average molecular weight is 169 g/mol. The zero-order valence-electron chi connectivity index (χ0n) is 7.35. The molecule has 0 radical (unpaired) electrons. The molecule has 0 amide bonds. The first-order chi connectivity index (χ1) is 5.22. The van der Waals surface area contributed by atoms with Crippen molar-refractivity contribution in [3.63, 3.8) is 0 Å². The van der Waals surface area contributed by atoms with E-state index in [1.165, 1.54) is 11.8 Å². The lowest BCUT2D eigenvalue weighted by molar-refractivity contribution is 1.22. The molecule has 2 heteroatoms. The molecule has 1 N–H and O–H groups in total. The Labute approximate surface area is 73.1 Å². The summed E-state index contributed by atoms with van der Waals surface area (Å²) in [4.78, 5) is 0. The lowest BCUT2D eigenvalue weighted by atomic mass is 10.3. The van der Waals surface area contributed by atoms with Gasteiger partial charge in [-0.25, -0.2) is 0 Å². The molecule has 0 spiro atoms. The van der Waals surface area contributed by atoms with E-state index >= 15 is 0 Å². The summed E-state index contributed by atoms with van der Waals surface area (Å²) in [7, 11) is 0. The summed E-state index contributed by atoms with van der Waals surface area (Å²) < 4.78 is 0. The molecule has 0 saturated heterocycles. The fourth-order valence-corrected chi connectivity index (χ4v) is 0.975. The maximum absolute atomic E-state index is 7.44. The van der Waals surface area contributed by atoms with Gasteiger partial charge in [-0.2, -0.15) is 0 Å². The molecule has 0 heterocycles. The van der Waals surface area contributed by atoms with Crippen LogP contribution in [0.3, 0.4) is 0 Å². The highest BCUT2D eigenvalue weighted by atomic mass is 32.2. The summed E-state index contributed by atoms with van der Waals surface area (Å²) in [6.07, 6.45) is 9.03. The van der Waals surface area contributed by atoms with Gasteiger partial charge in [-0.15, -0.1) is 11.8 Å². The second kappa shape index (κ2) is 6.23. The van der Waals surface area contributed by atoms with Gasteiger partial charge in [0.1, 0.15) is 0 Å². The topological polar surface area (TPSA) is 23.9 Å². The smallest absolute Gasteiger partial charge is 0.0896 e. The van der Waals surface area contributed by atoms with Crippen molar-refractivity contribution in [1.82, 2.24) is 0 Å². The Morgan fingerprint density at radius 1 is 1.55 bits per heavy atom. The molecular weight excluding hydrogens is 154 g/mol. The van der Waals surface area contributed by atoms with Gasteiger partial charge in [0.05, 0.1) is 5.04 Å². The third-order valence-electron chi connectivity index (χ3n) is 1.28. The van der Waals surface area contributed by atoms with Crippen LogP contribution in [0.2, 0.25) is 0 Å². The van der Waals surface area contributed by atoms with Crippen molar-refractivity contribution >= 4 is 16.8 Å². The van der Waals surface area contributed by atoms with Crippen molar-refractivity contribution in [3.05, 3.63) is 23.8 Å². The molecule has 0 aliphatic rings. The summed E-state index contributed by atoms with van der Waals surface area (Å²) in [5, 5.41) is 8.08. The van der Waals surface area contributed by atoms with Crippen molar-refractivity contribution in [2.45, 2.75) is 20.3 Å². The van der Waals surface area contributed by atoms with Gasteiger partial charge in [0.2, 0.25) is 0 Å². The number of allylic oxidation sites excluding steroid dienone is 3. The largest absolute Gasteiger partial charge is 0.294 e. The lowest BCUT2D eigenvalue weighted by Gasteiger charge is -1.96. The third-order valence-corrected chi connectivity index (χ3v) is 2.01. The van der Waals surface area contributed by atoms with Crippen LogP contribution in [-0.4, -0.2) is 11.3 Å². The Morgan fingerprint density at radius 3 is 2.64 bits per heavy atom. The average Bonchev–Trinajstić information content (AvgIpc) is 2.03. The van der Waals surface area contributed by atoms with Gasteiger partial charge in [0.15, 0.2) is 0 Å². The fraction of sp³-hybridized carbons (Fsp3) is 0.444. The highest BCUT2D eigenvalue weighted by Crippen LogP contribution is 2.06. The molecular formula is C9H15NS. The molecule has 0 unspecified atom stereocenters. The van der Waals surface area contributed by atoms with Crippen LogP contribution in [0.5, 0.6) is 0 Å². The van der Waals surface area contributed by atoms with E-state index < -0.39 is 0 Å². The fourth-order valence-electron chi connectivity index (χ4n) is 0.585. The standard InChI is InChI=1S/C9H15NS/c1-4-5-6-7-8(2)9(10)11-3/h5-7,10H,4H2,1-3H3/b6-5-,8-7+,10-9?. The van der Waals surface area contributed by atoms with Gasteiger partial charge in [-0.1, -0.05) is 25.2 Å². The molecule has 0 aromatic carbocycles. The maximum atomic E-state index is 7.44. The van der Waals surface area contributed by atoms with Gasteiger partial charge in [0, 0.05) is 0 Å². The summed E-state index contributed by atoms with van der Waals surface area (Å²) >= 11 is 1.47. The van der Waals surface area contributed by atoms with E-state index in [4.69, 9.17) is 5.41 Å². The molecule has 0 saturated carbocycles. The molecule has 0 aliphatic heterocycles. The number of hydrogen-bond donors (Lipinski definition) is 1. The minimum atomic E-state index is 0.644. The van der Waals surface area contributed by atoms with Crippen molar-refractivity contribution < 1.29 is 0 Å². The first-order valence-electron chi connectivity index (χ1n) is 3.68. The van der Waals surface area contributed by atoms with Crippen LogP contribution in [0, 0.1) is 5.41 Å². The van der Waals surface area contributed by atoms with E-state index in [1.807, 2.05) is 25.3 Å². The molecule has 0 atom stereocenters. The predicted octanol–water partition coefficient (Wildman–Crippen LogP) is 3.24. The van der Waals surface area contributed by atoms with E-state index in [1.54, 1.807) is 0 Å². The van der Waals surface area contributed by atoms with Crippen molar-refractivity contribution in [3.8, 4) is 0 Å². The van der Waals surface area contributed by atoms with Crippen LogP contribution in [0.15, 0.2) is 23.8 Å². The second-order valence-electron chi connectivity index (χ2n) is 2.22. The summed E-state index contributed by atoms with van der Waals surface area (Å²) in [5.41, 5.74) is 1.03. The first-order valence-corrected chi connectivity index (χ1v) is 4.91. The molecule has 0 aliphatic carbocycles. The lowest BCUT2D eigenvalue weighted by Crippen LogP contribution is -1.88. The Balaban J connectivity index is 4.00. The minimum absolute atomic E-state index is 0.644. The highest BCUT2D eigenvalue weighted by molar-refractivity contribution is 8.13. The quantitative estimate of drug-likeness (QED) is 0.391. The Morgan fingerprint density at radius 2 is 2.18 bits per heavy atom. The molecule has 62 valence electrons. The van der Waals surface area contributed by atoms with Gasteiger partial charge < -0.3 is 0 Å². The molecule has 0 aromatic heterocycles. The van der Waals surface area contributed by atoms with Crippen LogP contribution < -0.4 is 0 Å². The number of thioether (sulfide) groups is 1. The zero-order valence-corrected chi connectivity index (χ0v) is 8.16. The Kier molecular flexibility index (Phi) is 5.94. The van der Waals surface area contributed by atoms with Gasteiger partial charge >= 0.3 is 0 Å². The van der Waals surface area contributed by atoms with Gasteiger partial charge in [-0.3, -0.25) is 5.41 Å². The van der Waals surface area contributed by atoms with Gasteiger partial charge in [-0.05, 0) is 25.2 Å². The van der Waals surface area contributed by atoms with Crippen LogP contribution in [0.25, 0.3) is 0 Å². The molecule has 1 nitrogen and oxygen atoms in total. The van der Waals surface area contributed by atoms with E-state index in [2.05, 4.69) is 13.0 Å². The molecule has 0 aromatic rings. The van der Waals surface area contributed by atoms with Crippen LogP contribution in [-0.2, 0) is 0 Å². The van der Waals surface area contributed by atoms with E-state index in [0.29, 0.717) is 5.04 Å². The normalized spacial score (nSPS) is 12.5. The zero-order chi connectivity index (χ0) is 8.69. The Hall–Kier alpha value is -0.500. The summed E-state index contributed by atoms with van der Waals surface area (Å²) in [6.45, 7) is 4.05. The van der Waals surface area contributed by atoms with Gasteiger partial charge in [0.25, 0.3) is 0 Å². The molecule has 0 fully saturated rings. The number of nitrogens with one attached hydrogen (secondary N) is 1. The van der Waals surface area contributed by atoms with E-state index in [-0.39, 0.29) is 0 Å².